The molecule has 0 aliphatic carbocycles. The summed E-state index contributed by atoms with van der Waals surface area (Å²) in [4.78, 5) is 24.0. The Kier molecular flexibility index (Phi) is 6.06. The van der Waals surface area contributed by atoms with Crippen molar-refractivity contribution in [3.8, 4) is 5.75 Å². The van der Waals surface area contributed by atoms with E-state index in [4.69, 9.17) is 32.7 Å². The van der Waals surface area contributed by atoms with E-state index in [1.165, 1.54) is 13.2 Å². The van der Waals surface area contributed by atoms with Crippen molar-refractivity contribution in [2.45, 2.75) is 6.92 Å². The summed E-state index contributed by atoms with van der Waals surface area (Å²) >= 11 is 11.8. The van der Waals surface area contributed by atoms with Gasteiger partial charge < -0.3 is 14.8 Å². The van der Waals surface area contributed by atoms with Crippen molar-refractivity contribution in [3.63, 3.8) is 0 Å². The van der Waals surface area contributed by atoms with Gasteiger partial charge in [0.05, 0.1) is 28.4 Å². The number of hydrogen-bond acceptors (Lipinski definition) is 4. The van der Waals surface area contributed by atoms with Gasteiger partial charge in [0.15, 0.2) is 6.61 Å². The Hall–Kier alpha value is -2.24. The van der Waals surface area contributed by atoms with Gasteiger partial charge >= 0.3 is 5.97 Å². The number of hydrogen-bond donors (Lipinski definition) is 1. The summed E-state index contributed by atoms with van der Waals surface area (Å²) in [5.41, 5.74) is 1.55. The second-order valence-electron chi connectivity index (χ2n) is 4.93. The van der Waals surface area contributed by atoms with Crippen LogP contribution in [0, 0.1) is 6.92 Å². The molecule has 1 amide bonds. The average Bonchev–Trinajstić information content (AvgIpc) is 2.55. The number of amides is 1. The van der Waals surface area contributed by atoms with Gasteiger partial charge in [-0.2, -0.15) is 0 Å². The third-order valence-corrected chi connectivity index (χ3v) is 3.95. The first-order valence-corrected chi connectivity index (χ1v) is 7.73. The molecule has 0 unspecified atom stereocenters. The lowest BCUT2D eigenvalue weighted by molar-refractivity contribution is -0.119. The van der Waals surface area contributed by atoms with E-state index in [2.05, 4.69) is 5.32 Å². The summed E-state index contributed by atoms with van der Waals surface area (Å²) in [5.74, 6) is -0.711. The van der Waals surface area contributed by atoms with E-state index < -0.39 is 18.5 Å². The van der Waals surface area contributed by atoms with Crippen LogP contribution in [0.5, 0.6) is 5.75 Å². The quantitative estimate of drug-likeness (QED) is 0.807. The van der Waals surface area contributed by atoms with E-state index in [0.29, 0.717) is 11.4 Å². The topological polar surface area (TPSA) is 64.6 Å². The number of nitrogens with one attached hydrogen (secondary N) is 1. The van der Waals surface area contributed by atoms with Crippen LogP contribution in [0.15, 0.2) is 36.4 Å². The van der Waals surface area contributed by atoms with Crippen molar-refractivity contribution in [2.24, 2.45) is 0 Å². The predicted molar refractivity (Wildman–Crippen MR) is 93.1 cm³/mol. The average molecular weight is 368 g/mol. The highest BCUT2D eigenvalue weighted by Gasteiger charge is 2.16. The van der Waals surface area contributed by atoms with Crippen LogP contribution in [0.4, 0.5) is 5.69 Å². The maximum absolute atomic E-state index is 12.0. The molecule has 2 aromatic rings. The molecule has 0 aromatic heterocycles. The van der Waals surface area contributed by atoms with Crippen molar-refractivity contribution >= 4 is 40.8 Å². The number of carbonyl (C=O) groups is 2. The standard InChI is InChI=1S/C17H15Cl2NO4/c1-10-6-7-14(23-2)13(8-10)20-15(21)9-24-17(22)11-4-3-5-12(18)16(11)19/h3-8H,9H2,1-2H3,(H,20,21). The molecule has 5 nitrogen and oxygen atoms in total. The zero-order valence-electron chi connectivity index (χ0n) is 13.1. The van der Waals surface area contributed by atoms with E-state index >= 15 is 0 Å². The first-order chi connectivity index (χ1) is 11.4. The van der Waals surface area contributed by atoms with Crippen LogP contribution in [-0.4, -0.2) is 25.6 Å². The van der Waals surface area contributed by atoms with Gasteiger partial charge in [-0.3, -0.25) is 4.79 Å². The van der Waals surface area contributed by atoms with Gasteiger partial charge in [-0.15, -0.1) is 0 Å². The lowest BCUT2D eigenvalue weighted by Crippen LogP contribution is -2.21. The molecule has 0 saturated carbocycles. The van der Waals surface area contributed by atoms with E-state index in [1.54, 1.807) is 24.3 Å². The van der Waals surface area contributed by atoms with Gasteiger partial charge in [0, 0.05) is 0 Å². The number of anilines is 1. The monoisotopic (exact) mass is 367 g/mol. The normalized spacial score (nSPS) is 10.2. The van der Waals surface area contributed by atoms with Gasteiger partial charge in [-0.25, -0.2) is 4.79 Å². The lowest BCUT2D eigenvalue weighted by Gasteiger charge is -2.11. The first kappa shape index (κ1) is 18.1. The number of benzene rings is 2. The molecule has 0 radical (unpaired) electrons. The van der Waals surface area contributed by atoms with Gasteiger partial charge in [-0.1, -0.05) is 35.3 Å². The van der Waals surface area contributed by atoms with E-state index in [0.717, 1.165) is 5.56 Å². The molecule has 0 atom stereocenters. The summed E-state index contributed by atoms with van der Waals surface area (Å²) < 4.78 is 10.1. The molecule has 0 spiro atoms. The van der Waals surface area contributed by atoms with Crippen LogP contribution in [-0.2, 0) is 9.53 Å². The number of esters is 1. The Morgan fingerprint density at radius 1 is 1.17 bits per heavy atom. The molecule has 0 aliphatic rings. The minimum atomic E-state index is -0.728. The SMILES string of the molecule is COc1ccc(C)cc1NC(=O)COC(=O)c1cccc(Cl)c1Cl. The smallest absolute Gasteiger partial charge is 0.340 e. The highest BCUT2D eigenvalue weighted by atomic mass is 35.5. The molecular weight excluding hydrogens is 353 g/mol. The molecule has 2 rings (SSSR count). The number of aryl methyl sites for hydroxylation is 1. The number of carbonyl (C=O) groups excluding carboxylic acids is 2. The van der Waals surface area contributed by atoms with Crippen molar-refractivity contribution in [2.75, 3.05) is 19.0 Å². The molecule has 0 aliphatic heterocycles. The third kappa shape index (κ3) is 4.40. The van der Waals surface area contributed by atoms with Gasteiger partial charge in [-0.05, 0) is 36.8 Å². The zero-order valence-corrected chi connectivity index (χ0v) is 14.6. The number of rotatable bonds is 5. The Morgan fingerprint density at radius 3 is 2.62 bits per heavy atom. The first-order valence-electron chi connectivity index (χ1n) is 6.98. The summed E-state index contributed by atoms with van der Waals surface area (Å²) in [5, 5.41) is 2.96. The lowest BCUT2D eigenvalue weighted by atomic mass is 10.2. The van der Waals surface area contributed by atoms with Crippen LogP contribution in [0.2, 0.25) is 10.0 Å². The molecule has 126 valence electrons. The Balaban J connectivity index is 2.00. The van der Waals surface area contributed by atoms with Crippen molar-refractivity contribution < 1.29 is 19.1 Å². The van der Waals surface area contributed by atoms with Crippen molar-refractivity contribution in [1.82, 2.24) is 0 Å². The molecule has 0 fully saturated rings. The fraction of sp³-hybridized carbons (Fsp3) is 0.176. The minimum absolute atomic E-state index is 0.0879. The van der Waals surface area contributed by atoms with Gasteiger partial charge in [0.1, 0.15) is 5.75 Å². The maximum atomic E-state index is 12.0. The molecule has 24 heavy (non-hydrogen) atoms. The Bertz CT molecular complexity index is 777. The molecule has 0 saturated heterocycles. The fourth-order valence-electron chi connectivity index (χ4n) is 1.98. The van der Waals surface area contributed by atoms with Gasteiger partial charge in [0.2, 0.25) is 0 Å². The van der Waals surface area contributed by atoms with Crippen LogP contribution >= 0.6 is 23.2 Å². The van der Waals surface area contributed by atoms with E-state index in [9.17, 15) is 9.59 Å². The number of ether oxygens (including phenoxy) is 2. The van der Waals surface area contributed by atoms with E-state index in [1.807, 2.05) is 13.0 Å². The van der Waals surface area contributed by atoms with E-state index in [-0.39, 0.29) is 15.6 Å². The molecule has 7 heteroatoms. The van der Waals surface area contributed by atoms with Crippen molar-refractivity contribution in [3.05, 3.63) is 57.6 Å². The summed E-state index contributed by atoms with van der Waals surface area (Å²) in [6.07, 6.45) is 0. The maximum Gasteiger partial charge on any atom is 0.340 e. The molecule has 1 N–H and O–H groups in total. The molecule has 0 heterocycles. The summed E-state index contributed by atoms with van der Waals surface area (Å²) in [6.45, 7) is 1.43. The van der Waals surface area contributed by atoms with Crippen LogP contribution in [0.3, 0.4) is 0 Å². The second-order valence-corrected chi connectivity index (χ2v) is 5.71. The predicted octanol–water partition coefficient (Wildman–Crippen LogP) is 4.11. The van der Waals surface area contributed by atoms with Crippen LogP contribution < -0.4 is 10.1 Å². The second kappa shape index (κ2) is 8.04. The highest BCUT2D eigenvalue weighted by molar-refractivity contribution is 6.43. The Morgan fingerprint density at radius 2 is 1.92 bits per heavy atom. The van der Waals surface area contributed by atoms with Crippen molar-refractivity contribution in [1.29, 1.82) is 0 Å². The highest BCUT2D eigenvalue weighted by Crippen LogP contribution is 2.26. The number of methoxy groups -OCH3 is 1. The molecule has 0 bridgehead atoms. The third-order valence-electron chi connectivity index (χ3n) is 3.13. The zero-order chi connectivity index (χ0) is 17.7. The van der Waals surface area contributed by atoms with Crippen LogP contribution in [0.25, 0.3) is 0 Å². The number of halogens is 2. The molecular formula is C17H15Cl2NO4. The molecule has 2 aromatic carbocycles. The Labute approximate surface area is 149 Å². The summed E-state index contributed by atoms with van der Waals surface area (Å²) in [7, 11) is 1.50. The largest absolute Gasteiger partial charge is 0.495 e. The minimum Gasteiger partial charge on any atom is -0.495 e. The van der Waals surface area contributed by atoms with Crippen LogP contribution in [0.1, 0.15) is 15.9 Å². The fourth-order valence-corrected chi connectivity index (χ4v) is 2.35. The summed E-state index contributed by atoms with van der Waals surface area (Å²) in [6, 6.07) is 9.95. The van der Waals surface area contributed by atoms with Gasteiger partial charge in [0.25, 0.3) is 5.91 Å².